The molecule has 0 aromatic carbocycles. The lowest BCUT2D eigenvalue weighted by molar-refractivity contribution is 0.162. The Morgan fingerprint density at radius 2 is 2.18 bits per heavy atom. The van der Waals surface area contributed by atoms with Crippen molar-refractivity contribution in [3.63, 3.8) is 0 Å². The fraction of sp³-hybridized carbons (Fsp3) is 0.600. The summed E-state index contributed by atoms with van der Waals surface area (Å²) in [6.07, 6.45) is 0.419. The molecule has 0 fully saturated rings. The Balaban J connectivity index is 2.56. The van der Waals surface area contributed by atoms with Crippen LogP contribution < -0.4 is 4.72 Å². The number of hydrogen-bond donors (Lipinski definition) is 3. The topological polar surface area (TPSA) is 99.8 Å². The summed E-state index contributed by atoms with van der Waals surface area (Å²) in [5, 5.41) is 17.8. The number of sulfonamides is 1. The van der Waals surface area contributed by atoms with Crippen LogP contribution in [0.25, 0.3) is 0 Å². The summed E-state index contributed by atoms with van der Waals surface area (Å²) < 4.78 is 30.6. The molecule has 1 aromatic heterocycles. The van der Waals surface area contributed by atoms with Crippen molar-refractivity contribution < 1.29 is 23.0 Å². The predicted molar refractivity (Wildman–Crippen MR) is 60.7 cm³/mol. The van der Waals surface area contributed by atoms with Crippen LogP contribution in [0.15, 0.2) is 21.6 Å². The molecular formula is C10H17NO5S. The van der Waals surface area contributed by atoms with Gasteiger partial charge in [-0.15, -0.1) is 0 Å². The zero-order valence-electron chi connectivity index (χ0n) is 9.59. The fourth-order valence-electron chi connectivity index (χ4n) is 1.22. The Morgan fingerprint density at radius 1 is 1.47 bits per heavy atom. The summed E-state index contributed by atoms with van der Waals surface area (Å²) in [7, 11) is -3.69. The van der Waals surface area contributed by atoms with Crippen molar-refractivity contribution in [2.24, 2.45) is 0 Å². The van der Waals surface area contributed by atoms with Crippen LogP contribution in [-0.2, 0) is 16.6 Å². The molecule has 1 unspecified atom stereocenters. The SMILES string of the molecule is CCC(O)CCNS(=O)(=O)c1ccc(CO)o1. The van der Waals surface area contributed by atoms with E-state index in [9.17, 15) is 13.5 Å². The molecule has 0 spiro atoms. The second-order valence-corrected chi connectivity index (χ2v) is 5.33. The van der Waals surface area contributed by atoms with Crippen LogP contribution in [0.1, 0.15) is 25.5 Å². The van der Waals surface area contributed by atoms with Crippen molar-refractivity contribution in [3.8, 4) is 0 Å². The monoisotopic (exact) mass is 263 g/mol. The highest BCUT2D eigenvalue weighted by Crippen LogP contribution is 2.13. The summed E-state index contributed by atoms with van der Waals surface area (Å²) in [5.74, 6) is 0.193. The average Bonchev–Trinajstić information content (AvgIpc) is 2.77. The predicted octanol–water partition coefficient (Wildman–Crippen LogP) is 0.211. The van der Waals surface area contributed by atoms with Gasteiger partial charge in [0, 0.05) is 6.54 Å². The second kappa shape index (κ2) is 6.15. The van der Waals surface area contributed by atoms with Crippen molar-refractivity contribution in [3.05, 3.63) is 17.9 Å². The summed E-state index contributed by atoms with van der Waals surface area (Å²) >= 11 is 0. The molecule has 7 heteroatoms. The van der Waals surface area contributed by atoms with E-state index >= 15 is 0 Å². The number of aliphatic hydroxyl groups is 2. The summed E-state index contributed by atoms with van der Waals surface area (Å²) in [5.41, 5.74) is 0. The molecule has 0 saturated heterocycles. The van der Waals surface area contributed by atoms with Crippen LogP contribution in [0.4, 0.5) is 0 Å². The maximum atomic E-state index is 11.7. The van der Waals surface area contributed by atoms with E-state index in [0.717, 1.165) is 0 Å². The molecule has 0 aliphatic rings. The third-order valence-electron chi connectivity index (χ3n) is 2.30. The first-order chi connectivity index (χ1) is 7.99. The molecule has 0 saturated carbocycles. The number of aliphatic hydroxyl groups excluding tert-OH is 2. The highest BCUT2D eigenvalue weighted by molar-refractivity contribution is 7.89. The maximum absolute atomic E-state index is 11.7. The summed E-state index contributed by atoms with van der Waals surface area (Å²) in [6.45, 7) is 1.62. The Morgan fingerprint density at radius 3 is 2.71 bits per heavy atom. The molecule has 1 aromatic rings. The van der Waals surface area contributed by atoms with Crippen molar-refractivity contribution >= 4 is 10.0 Å². The largest absolute Gasteiger partial charge is 0.446 e. The number of furan rings is 1. The van der Waals surface area contributed by atoms with Crippen molar-refractivity contribution in [1.82, 2.24) is 4.72 Å². The van der Waals surface area contributed by atoms with E-state index in [0.29, 0.717) is 12.8 Å². The van der Waals surface area contributed by atoms with E-state index < -0.39 is 16.1 Å². The zero-order valence-corrected chi connectivity index (χ0v) is 10.4. The van der Waals surface area contributed by atoms with Crippen LogP contribution in [-0.4, -0.2) is 31.3 Å². The van der Waals surface area contributed by atoms with Crippen LogP contribution >= 0.6 is 0 Å². The van der Waals surface area contributed by atoms with E-state index in [4.69, 9.17) is 9.52 Å². The van der Waals surface area contributed by atoms with Crippen molar-refractivity contribution in [1.29, 1.82) is 0 Å². The Hall–Kier alpha value is -0.890. The summed E-state index contributed by atoms with van der Waals surface area (Å²) in [6, 6.07) is 2.68. The Kier molecular flexibility index (Phi) is 5.13. The molecule has 6 nitrogen and oxygen atoms in total. The minimum Gasteiger partial charge on any atom is -0.446 e. The normalized spacial score (nSPS) is 13.8. The minimum atomic E-state index is -3.69. The van der Waals surface area contributed by atoms with E-state index in [2.05, 4.69) is 4.72 Å². The lowest BCUT2D eigenvalue weighted by Gasteiger charge is -2.07. The highest BCUT2D eigenvalue weighted by Gasteiger charge is 2.18. The van der Waals surface area contributed by atoms with E-state index in [-0.39, 0.29) is 24.0 Å². The fourth-order valence-corrected chi connectivity index (χ4v) is 2.22. The molecule has 0 aliphatic carbocycles. The Bertz CT molecular complexity index is 439. The third-order valence-corrected chi connectivity index (χ3v) is 3.63. The smallest absolute Gasteiger partial charge is 0.273 e. The van der Waals surface area contributed by atoms with Gasteiger partial charge < -0.3 is 14.6 Å². The quantitative estimate of drug-likeness (QED) is 0.653. The molecule has 1 atom stereocenters. The summed E-state index contributed by atoms with van der Waals surface area (Å²) in [4.78, 5) is 0. The molecule has 17 heavy (non-hydrogen) atoms. The number of rotatable bonds is 7. The lowest BCUT2D eigenvalue weighted by Crippen LogP contribution is -2.26. The molecular weight excluding hydrogens is 246 g/mol. The lowest BCUT2D eigenvalue weighted by atomic mass is 10.2. The number of nitrogens with one attached hydrogen (secondary N) is 1. The van der Waals surface area contributed by atoms with Gasteiger partial charge in [0.15, 0.2) is 0 Å². The molecule has 3 N–H and O–H groups in total. The van der Waals surface area contributed by atoms with Gasteiger partial charge in [-0.1, -0.05) is 6.92 Å². The van der Waals surface area contributed by atoms with Crippen LogP contribution in [0, 0.1) is 0 Å². The first-order valence-corrected chi connectivity index (χ1v) is 6.85. The van der Waals surface area contributed by atoms with Crippen LogP contribution in [0.5, 0.6) is 0 Å². The zero-order chi connectivity index (χ0) is 12.9. The van der Waals surface area contributed by atoms with Gasteiger partial charge in [0.1, 0.15) is 12.4 Å². The van der Waals surface area contributed by atoms with Gasteiger partial charge in [-0.25, -0.2) is 13.1 Å². The highest BCUT2D eigenvalue weighted by atomic mass is 32.2. The molecule has 0 aliphatic heterocycles. The standard InChI is InChI=1S/C10H17NO5S/c1-2-8(13)5-6-11-17(14,15)10-4-3-9(7-12)16-10/h3-4,8,11-13H,2,5-7H2,1H3. The minimum absolute atomic E-state index is 0.145. The molecule has 98 valence electrons. The van der Waals surface area contributed by atoms with E-state index in [1.165, 1.54) is 12.1 Å². The third kappa shape index (κ3) is 4.12. The first-order valence-electron chi connectivity index (χ1n) is 5.37. The maximum Gasteiger partial charge on any atom is 0.273 e. The number of hydrogen-bond acceptors (Lipinski definition) is 5. The molecule has 0 amide bonds. The van der Waals surface area contributed by atoms with Crippen LogP contribution in [0.3, 0.4) is 0 Å². The first kappa shape index (κ1) is 14.2. The van der Waals surface area contributed by atoms with Gasteiger partial charge in [-0.05, 0) is 25.0 Å². The van der Waals surface area contributed by atoms with E-state index in [1.54, 1.807) is 0 Å². The van der Waals surface area contributed by atoms with Gasteiger partial charge in [0.25, 0.3) is 10.0 Å². The van der Waals surface area contributed by atoms with Gasteiger partial charge in [0.2, 0.25) is 5.09 Å². The van der Waals surface area contributed by atoms with Gasteiger partial charge in [0.05, 0.1) is 6.10 Å². The van der Waals surface area contributed by atoms with Gasteiger partial charge in [-0.3, -0.25) is 0 Å². The molecule has 1 rings (SSSR count). The van der Waals surface area contributed by atoms with Crippen molar-refractivity contribution in [2.75, 3.05) is 6.54 Å². The van der Waals surface area contributed by atoms with Crippen molar-refractivity contribution in [2.45, 2.75) is 37.6 Å². The van der Waals surface area contributed by atoms with Crippen LogP contribution in [0.2, 0.25) is 0 Å². The molecule has 0 radical (unpaired) electrons. The molecule has 1 heterocycles. The van der Waals surface area contributed by atoms with Gasteiger partial charge in [-0.2, -0.15) is 0 Å². The second-order valence-electron chi connectivity index (χ2n) is 3.63. The van der Waals surface area contributed by atoms with Gasteiger partial charge >= 0.3 is 0 Å². The average molecular weight is 263 g/mol. The van der Waals surface area contributed by atoms with E-state index in [1.807, 2.05) is 6.92 Å². The Labute approximate surface area is 100 Å². The molecule has 0 bridgehead atoms.